The third kappa shape index (κ3) is 3.86. The molecule has 80 valence electrons. The molecule has 0 saturated heterocycles. The largest absolute Gasteiger partial charge is 0.396 e. The molecule has 4 heteroatoms. The molecule has 1 N–H and O–H groups in total. The predicted octanol–water partition coefficient (Wildman–Crippen LogP) is 3.04. The minimum Gasteiger partial charge on any atom is -0.396 e. The van der Waals surface area contributed by atoms with Crippen molar-refractivity contribution in [3.8, 4) is 6.07 Å². The van der Waals surface area contributed by atoms with Crippen molar-refractivity contribution in [2.75, 3.05) is 12.4 Å². The van der Waals surface area contributed by atoms with Gasteiger partial charge in [0.05, 0.1) is 5.56 Å². The molecule has 0 heterocycles. The second kappa shape index (κ2) is 6.16. The van der Waals surface area contributed by atoms with Crippen molar-refractivity contribution >= 4 is 27.7 Å². The summed E-state index contributed by atoms with van der Waals surface area (Å²) in [6.45, 7) is 2.17. The lowest BCUT2D eigenvalue weighted by Crippen LogP contribution is -2.03. The molecule has 2 nitrogen and oxygen atoms in total. The van der Waals surface area contributed by atoms with E-state index in [2.05, 4.69) is 22.0 Å². The van der Waals surface area contributed by atoms with Crippen molar-refractivity contribution < 1.29 is 5.11 Å². The Bertz CT molecular complexity index is 375. The Hall–Kier alpha value is -0.500. The van der Waals surface area contributed by atoms with E-state index in [1.54, 1.807) is 11.8 Å². The fourth-order valence-electron chi connectivity index (χ4n) is 1.00. The molecule has 0 radical (unpaired) electrons. The average molecular weight is 286 g/mol. The van der Waals surface area contributed by atoms with Crippen LogP contribution in [0.4, 0.5) is 0 Å². The summed E-state index contributed by atoms with van der Waals surface area (Å²) >= 11 is 4.94. The fourth-order valence-corrected chi connectivity index (χ4v) is 2.36. The normalized spacial score (nSPS) is 12.1. The van der Waals surface area contributed by atoms with Crippen LogP contribution in [0, 0.1) is 17.2 Å². The summed E-state index contributed by atoms with van der Waals surface area (Å²) in [5.74, 6) is 1.08. The van der Waals surface area contributed by atoms with E-state index in [0.29, 0.717) is 5.56 Å². The van der Waals surface area contributed by atoms with Gasteiger partial charge in [-0.25, -0.2) is 0 Å². The summed E-state index contributed by atoms with van der Waals surface area (Å²) in [6.07, 6.45) is 0. The third-order valence-electron chi connectivity index (χ3n) is 1.90. The number of benzene rings is 1. The van der Waals surface area contributed by atoms with E-state index in [9.17, 15) is 0 Å². The second-order valence-electron chi connectivity index (χ2n) is 3.35. The van der Waals surface area contributed by atoms with Crippen molar-refractivity contribution in [2.45, 2.75) is 11.8 Å². The Morgan fingerprint density at radius 3 is 2.93 bits per heavy atom. The van der Waals surface area contributed by atoms with Crippen LogP contribution in [0.3, 0.4) is 0 Å². The molecule has 0 aliphatic rings. The molecule has 0 aliphatic carbocycles. The highest BCUT2D eigenvalue weighted by Crippen LogP contribution is 2.26. The molecule has 0 aromatic heterocycles. The molecule has 1 rings (SSSR count). The third-order valence-corrected chi connectivity index (χ3v) is 3.79. The van der Waals surface area contributed by atoms with Crippen LogP contribution in [0.15, 0.2) is 27.6 Å². The number of aliphatic hydroxyl groups excluding tert-OH is 1. The van der Waals surface area contributed by atoms with Crippen LogP contribution in [0.25, 0.3) is 0 Å². The van der Waals surface area contributed by atoms with E-state index in [4.69, 9.17) is 10.4 Å². The maximum absolute atomic E-state index is 8.93. The number of nitrogens with zero attached hydrogens (tertiary/aromatic N) is 1. The van der Waals surface area contributed by atoms with Crippen LogP contribution in [0.5, 0.6) is 0 Å². The highest BCUT2D eigenvalue weighted by Gasteiger charge is 2.06. The van der Waals surface area contributed by atoms with Crippen molar-refractivity contribution in [3.63, 3.8) is 0 Å². The van der Waals surface area contributed by atoms with E-state index in [1.165, 1.54) is 0 Å². The Morgan fingerprint density at radius 2 is 2.33 bits per heavy atom. The fraction of sp³-hybridized carbons (Fsp3) is 0.364. The first-order chi connectivity index (χ1) is 7.17. The Labute approximate surface area is 102 Å². The maximum Gasteiger partial charge on any atom is 0.100 e. The van der Waals surface area contributed by atoms with Gasteiger partial charge in [-0.2, -0.15) is 5.26 Å². The summed E-state index contributed by atoms with van der Waals surface area (Å²) in [6, 6.07) is 7.83. The van der Waals surface area contributed by atoms with Crippen LogP contribution < -0.4 is 0 Å². The summed E-state index contributed by atoms with van der Waals surface area (Å²) < 4.78 is 0.915. The molecule has 1 aromatic carbocycles. The predicted molar refractivity (Wildman–Crippen MR) is 65.8 cm³/mol. The molecular formula is C11H12BrNOS. The average Bonchev–Trinajstić information content (AvgIpc) is 2.26. The van der Waals surface area contributed by atoms with Crippen LogP contribution in [0.1, 0.15) is 12.5 Å². The van der Waals surface area contributed by atoms with Gasteiger partial charge in [-0.3, -0.25) is 0 Å². The molecule has 15 heavy (non-hydrogen) atoms. The van der Waals surface area contributed by atoms with Gasteiger partial charge < -0.3 is 5.11 Å². The van der Waals surface area contributed by atoms with Crippen LogP contribution in [-0.2, 0) is 0 Å². The lowest BCUT2D eigenvalue weighted by Gasteiger charge is -2.08. The molecule has 1 aromatic rings. The quantitative estimate of drug-likeness (QED) is 0.865. The second-order valence-corrected chi connectivity index (χ2v) is 5.33. The smallest absolute Gasteiger partial charge is 0.100 e. The van der Waals surface area contributed by atoms with E-state index in [1.807, 2.05) is 25.1 Å². The SMILES string of the molecule is CC(CO)CSc1ccc(Br)cc1C#N. The lowest BCUT2D eigenvalue weighted by atomic mass is 10.2. The van der Waals surface area contributed by atoms with E-state index in [-0.39, 0.29) is 12.5 Å². The molecule has 0 amide bonds. The number of rotatable bonds is 4. The first-order valence-electron chi connectivity index (χ1n) is 4.60. The van der Waals surface area contributed by atoms with Crippen molar-refractivity contribution in [2.24, 2.45) is 5.92 Å². The van der Waals surface area contributed by atoms with Gasteiger partial charge in [-0.1, -0.05) is 22.9 Å². The monoisotopic (exact) mass is 285 g/mol. The highest BCUT2D eigenvalue weighted by atomic mass is 79.9. The first kappa shape index (κ1) is 12.6. The van der Waals surface area contributed by atoms with Crippen molar-refractivity contribution in [1.82, 2.24) is 0 Å². The minimum atomic E-state index is 0.186. The summed E-state index contributed by atoms with van der Waals surface area (Å²) in [7, 11) is 0. The Balaban J connectivity index is 2.73. The maximum atomic E-state index is 8.93. The van der Waals surface area contributed by atoms with E-state index >= 15 is 0 Å². The van der Waals surface area contributed by atoms with E-state index in [0.717, 1.165) is 15.1 Å². The zero-order chi connectivity index (χ0) is 11.3. The molecule has 0 saturated carbocycles. The molecule has 1 unspecified atom stereocenters. The standard InChI is InChI=1S/C11H12BrNOS/c1-8(6-14)7-15-11-3-2-10(12)4-9(11)5-13/h2-4,8,14H,6-7H2,1H3. The first-order valence-corrected chi connectivity index (χ1v) is 6.38. The molecule has 0 aliphatic heterocycles. The summed E-state index contributed by atoms with van der Waals surface area (Å²) in [4.78, 5) is 0.973. The van der Waals surface area contributed by atoms with Gasteiger partial charge in [-0.05, 0) is 24.1 Å². The van der Waals surface area contributed by atoms with Gasteiger partial charge in [-0.15, -0.1) is 11.8 Å². The minimum absolute atomic E-state index is 0.186. The highest BCUT2D eigenvalue weighted by molar-refractivity contribution is 9.10. The van der Waals surface area contributed by atoms with Crippen LogP contribution in [-0.4, -0.2) is 17.5 Å². The molecule has 0 fully saturated rings. The number of halogens is 1. The lowest BCUT2D eigenvalue weighted by molar-refractivity contribution is 0.250. The summed E-state index contributed by atoms with van der Waals surface area (Å²) in [5, 5.41) is 17.8. The molecule has 0 bridgehead atoms. The zero-order valence-corrected chi connectivity index (χ0v) is 10.8. The number of hydrogen-bond acceptors (Lipinski definition) is 3. The van der Waals surface area contributed by atoms with Crippen LogP contribution in [0.2, 0.25) is 0 Å². The number of aliphatic hydroxyl groups is 1. The number of hydrogen-bond donors (Lipinski definition) is 1. The van der Waals surface area contributed by atoms with Gasteiger partial charge in [0.1, 0.15) is 6.07 Å². The Kier molecular flexibility index (Phi) is 5.16. The molecule has 1 atom stereocenters. The van der Waals surface area contributed by atoms with Gasteiger partial charge in [0.2, 0.25) is 0 Å². The molecule has 0 spiro atoms. The van der Waals surface area contributed by atoms with Crippen molar-refractivity contribution in [3.05, 3.63) is 28.2 Å². The molecular weight excluding hydrogens is 274 g/mol. The van der Waals surface area contributed by atoms with Gasteiger partial charge in [0, 0.05) is 21.7 Å². The van der Waals surface area contributed by atoms with E-state index < -0.39 is 0 Å². The van der Waals surface area contributed by atoms with Crippen molar-refractivity contribution in [1.29, 1.82) is 5.26 Å². The number of nitriles is 1. The van der Waals surface area contributed by atoms with Gasteiger partial charge >= 0.3 is 0 Å². The topological polar surface area (TPSA) is 44.0 Å². The summed E-state index contributed by atoms with van der Waals surface area (Å²) in [5.41, 5.74) is 0.680. The number of thioether (sulfide) groups is 1. The van der Waals surface area contributed by atoms with Gasteiger partial charge in [0.25, 0.3) is 0 Å². The zero-order valence-electron chi connectivity index (χ0n) is 8.40. The van der Waals surface area contributed by atoms with Gasteiger partial charge in [0.15, 0.2) is 0 Å². The van der Waals surface area contributed by atoms with Crippen LogP contribution >= 0.6 is 27.7 Å². The Morgan fingerprint density at radius 1 is 1.60 bits per heavy atom.